The maximum absolute atomic E-state index is 10.4. The lowest BCUT2D eigenvalue weighted by molar-refractivity contribution is 0.480. The molecule has 0 rings (SSSR count). The van der Waals surface area contributed by atoms with Crippen molar-refractivity contribution in [2.75, 3.05) is 34.5 Å². The largest absolute Gasteiger partial charge is 0.286 e. The van der Waals surface area contributed by atoms with Gasteiger partial charge in [0.25, 0.3) is 20.2 Å². The van der Waals surface area contributed by atoms with Crippen LogP contribution in [0.5, 0.6) is 0 Å². The fraction of sp³-hybridized carbons (Fsp3) is 1.00. The summed E-state index contributed by atoms with van der Waals surface area (Å²) in [5.41, 5.74) is 0. The van der Waals surface area contributed by atoms with E-state index in [9.17, 15) is 16.8 Å². The molecule has 10 heteroatoms. The van der Waals surface area contributed by atoms with E-state index < -0.39 is 20.2 Å². The number of hydrogen-bond acceptors (Lipinski definition) is 6. The number of hydrogen-bond donors (Lipinski definition) is 2. The van der Waals surface area contributed by atoms with E-state index in [1.54, 1.807) is 23.5 Å². The molecular weight excluding hydrogens is 320 g/mol. The Morgan fingerprint density at radius 2 is 1.00 bits per heavy atom. The SMILES string of the molecule is O=S(=O)(O)CCCSCCSCCCS(=O)(=O)O. The van der Waals surface area contributed by atoms with E-state index in [0.717, 1.165) is 11.5 Å². The Kier molecular flexibility index (Phi) is 9.70. The second-order valence-corrected chi connectivity index (χ2v) is 9.10. The zero-order valence-electron chi connectivity index (χ0n) is 9.82. The molecule has 0 saturated carbocycles. The zero-order chi connectivity index (χ0) is 14.1. The molecule has 6 nitrogen and oxygen atoms in total. The van der Waals surface area contributed by atoms with E-state index in [4.69, 9.17) is 9.11 Å². The topological polar surface area (TPSA) is 109 Å². The van der Waals surface area contributed by atoms with Crippen molar-refractivity contribution < 1.29 is 25.9 Å². The van der Waals surface area contributed by atoms with Gasteiger partial charge in [-0.1, -0.05) is 0 Å². The van der Waals surface area contributed by atoms with Gasteiger partial charge < -0.3 is 0 Å². The van der Waals surface area contributed by atoms with E-state index in [2.05, 4.69) is 0 Å². The maximum atomic E-state index is 10.4. The van der Waals surface area contributed by atoms with Crippen LogP contribution in [0.2, 0.25) is 0 Å². The summed E-state index contributed by atoms with van der Waals surface area (Å²) in [6.45, 7) is 0. The lowest BCUT2D eigenvalue weighted by atomic mass is 10.6. The van der Waals surface area contributed by atoms with Gasteiger partial charge in [-0.25, -0.2) is 0 Å². The average Bonchev–Trinajstić information content (AvgIpc) is 2.17. The van der Waals surface area contributed by atoms with Gasteiger partial charge in [-0.15, -0.1) is 0 Å². The fourth-order valence-electron chi connectivity index (χ4n) is 1.01. The molecule has 0 aromatic rings. The van der Waals surface area contributed by atoms with Gasteiger partial charge >= 0.3 is 0 Å². The molecule has 0 radical (unpaired) electrons. The Morgan fingerprint density at radius 1 is 0.667 bits per heavy atom. The summed E-state index contributed by atoms with van der Waals surface area (Å²) in [6, 6.07) is 0. The van der Waals surface area contributed by atoms with Crippen LogP contribution in [0.25, 0.3) is 0 Å². The molecule has 2 N–H and O–H groups in total. The van der Waals surface area contributed by atoms with Crippen molar-refractivity contribution in [2.24, 2.45) is 0 Å². The van der Waals surface area contributed by atoms with Crippen LogP contribution >= 0.6 is 23.5 Å². The summed E-state index contributed by atoms with van der Waals surface area (Å²) in [4.78, 5) is 0. The van der Waals surface area contributed by atoms with E-state index in [-0.39, 0.29) is 11.5 Å². The van der Waals surface area contributed by atoms with Gasteiger partial charge in [-0.3, -0.25) is 9.11 Å². The van der Waals surface area contributed by atoms with Crippen LogP contribution in [0, 0.1) is 0 Å². The molecule has 0 amide bonds. The standard InChI is InChI=1S/C8H18O6S4/c9-17(10,11)7-1-3-15-5-6-16-4-2-8-18(12,13)14/h1-8H2,(H,9,10,11)(H,12,13,14). The van der Waals surface area contributed by atoms with Gasteiger partial charge in [-0.2, -0.15) is 40.4 Å². The fourth-order valence-corrected chi connectivity index (χ4v) is 4.44. The second-order valence-electron chi connectivity index (χ2n) is 3.50. The molecular formula is C8H18O6S4. The zero-order valence-corrected chi connectivity index (χ0v) is 13.1. The van der Waals surface area contributed by atoms with Crippen LogP contribution in [0.4, 0.5) is 0 Å². The van der Waals surface area contributed by atoms with Crippen LogP contribution in [-0.2, 0) is 20.2 Å². The highest BCUT2D eigenvalue weighted by molar-refractivity contribution is 8.02. The Balaban J connectivity index is 3.22. The highest BCUT2D eigenvalue weighted by atomic mass is 32.2. The summed E-state index contributed by atoms with van der Waals surface area (Å²) < 4.78 is 58.5. The lowest BCUT2D eigenvalue weighted by Gasteiger charge is -2.01. The Bertz CT molecular complexity index is 361. The van der Waals surface area contributed by atoms with Gasteiger partial charge in [0, 0.05) is 11.5 Å². The predicted octanol–water partition coefficient (Wildman–Crippen LogP) is 1.01. The molecule has 0 fully saturated rings. The first-order valence-electron chi connectivity index (χ1n) is 5.26. The normalized spacial score (nSPS) is 12.8. The molecule has 0 aromatic carbocycles. The van der Waals surface area contributed by atoms with E-state index in [1.165, 1.54) is 0 Å². The molecule has 0 aliphatic rings. The van der Waals surface area contributed by atoms with Gasteiger partial charge in [0.2, 0.25) is 0 Å². The predicted molar refractivity (Wildman–Crippen MR) is 76.7 cm³/mol. The summed E-state index contributed by atoms with van der Waals surface area (Å²) in [5.74, 6) is 2.63. The van der Waals surface area contributed by atoms with Crippen molar-refractivity contribution in [3.05, 3.63) is 0 Å². The summed E-state index contributed by atoms with van der Waals surface area (Å²) in [7, 11) is -7.68. The molecule has 0 spiro atoms. The monoisotopic (exact) mass is 338 g/mol. The molecule has 0 atom stereocenters. The molecule has 0 bridgehead atoms. The van der Waals surface area contributed by atoms with Crippen LogP contribution < -0.4 is 0 Å². The smallest absolute Gasteiger partial charge is 0.264 e. The molecule has 110 valence electrons. The lowest BCUT2D eigenvalue weighted by Crippen LogP contribution is -2.05. The van der Waals surface area contributed by atoms with Crippen LogP contribution in [0.3, 0.4) is 0 Å². The highest BCUT2D eigenvalue weighted by Crippen LogP contribution is 2.10. The average molecular weight is 338 g/mol. The summed E-state index contributed by atoms with van der Waals surface area (Å²) >= 11 is 3.19. The Morgan fingerprint density at radius 3 is 1.28 bits per heavy atom. The first kappa shape index (κ1) is 18.5. The minimum absolute atomic E-state index is 0.207. The van der Waals surface area contributed by atoms with Crippen molar-refractivity contribution in [3.8, 4) is 0 Å². The maximum Gasteiger partial charge on any atom is 0.264 e. The molecule has 18 heavy (non-hydrogen) atoms. The van der Waals surface area contributed by atoms with Crippen LogP contribution in [0.15, 0.2) is 0 Å². The third-order valence-electron chi connectivity index (χ3n) is 1.75. The molecule has 0 aromatic heterocycles. The molecule has 0 aliphatic heterocycles. The van der Waals surface area contributed by atoms with Gasteiger partial charge in [0.05, 0.1) is 11.5 Å². The first-order valence-corrected chi connectivity index (χ1v) is 10.8. The van der Waals surface area contributed by atoms with Crippen molar-refractivity contribution in [1.82, 2.24) is 0 Å². The van der Waals surface area contributed by atoms with Gasteiger partial charge in [-0.05, 0) is 24.3 Å². The van der Waals surface area contributed by atoms with E-state index in [1.807, 2.05) is 0 Å². The highest BCUT2D eigenvalue weighted by Gasteiger charge is 2.04. The van der Waals surface area contributed by atoms with Crippen LogP contribution in [-0.4, -0.2) is 60.5 Å². The van der Waals surface area contributed by atoms with Crippen molar-refractivity contribution >= 4 is 43.8 Å². The number of thioether (sulfide) groups is 2. The molecule has 0 heterocycles. The Hall–Kier alpha value is 0.520. The van der Waals surface area contributed by atoms with Crippen molar-refractivity contribution in [3.63, 3.8) is 0 Å². The van der Waals surface area contributed by atoms with Crippen molar-refractivity contribution in [1.29, 1.82) is 0 Å². The molecule has 0 unspecified atom stereocenters. The summed E-state index contributed by atoms with van der Waals surface area (Å²) in [6.07, 6.45) is 0.855. The quantitative estimate of drug-likeness (QED) is 0.424. The van der Waals surface area contributed by atoms with Crippen molar-refractivity contribution in [2.45, 2.75) is 12.8 Å². The first-order chi connectivity index (χ1) is 8.21. The van der Waals surface area contributed by atoms with Gasteiger partial charge in [0.15, 0.2) is 0 Å². The third-order valence-corrected chi connectivity index (χ3v) is 5.76. The minimum Gasteiger partial charge on any atom is -0.286 e. The van der Waals surface area contributed by atoms with Gasteiger partial charge in [0.1, 0.15) is 0 Å². The van der Waals surface area contributed by atoms with E-state index in [0.29, 0.717) is 24.3 Å². The molecule has 0 aliphatic carbocycles. The van der Waals surface area contributed by atoms with E-state index >= 15 is 0 Å². The Labute approximate surface area is 117 Å². The second kappa shape index (κ2) is 9.43. The minimum atomic E-state index is -3.84. The summed E-state index contributed by atoms with van der Waals surface area (Å²) in [5, 5.41) is 0. The number of rotatable bonds is 11. The third kappa shape index (κ3) is 16.5. The molecule has 0 saturated heterocycles. The van der Waals surface area contributed by atoms with Crippen LogP contribution in [0.1, 0.15) is 12.8 Å².